The van der Waals surface area contributed by atoms with E-state index in [-0.39, 0.29) is 5.91 Å². The number of nitrogens with one attached hydrogen (secondary N) is 2. The Morgan fingerprint density at radius 2 is 1.41 bits per heavy atom. The molecule has 1 unspecified atom stereocenters. The molecule has 81 heavy (non-hydrogen) atoms. The second-order valence-corrected chi connectivity index (χ2v) is 19.4. The van der Waals surface area contributed by atoms with Crippen LogP contribution in [-0.4, -0.2) is 156 Å². The predicted molar refractivity (Wildman–Crippen MR) is 345 cm³/mol. The minimum absolute atomic E-state index is 0.0908. The van der Waals surface area contributed by atoms with E-state index in [0.717, 1.165) is 168 Å². The molecule has 2 aliphatic rings. The minimum Gasteiger partial charge on any atom is -0.494 e. The first-order chi connectivity index (χ1) is 39.2. The number of anilines is 1. The van der Waals surface area contributed by atoms with Crippen molar-refractivity contribution in [2.24, 2.45) is 4.99 Å². The molecule has 1 atom stereocenters. The highest BCUT2D eigenvalue weighted by molar-refractivity contribution is 6.32. The Labute approximate surface area is 495 Å². The van der Waals surface area contributed by atoms with Crippen LogP contribution in [0, 0.1) is 20.8 Å². The topological polar surface area (TPSA) is 147 Å². The fourth-order valence-corrected chi connectivity index (χ4v) is 9.79. The number of aldehydes is 2. The van der Waals surface area contributed by atoms with Crippen LogP contribution in [0.5, 0.6) is 5.75 Å². The summed E-state index contributed by atoms with van der Waals surface area (Å²) < 4.78 is 20.1. The van der Waals surface area contributed by atoms with Crippen molar-refractivity contribution in [3.63, 3.8) is 0 Å². The maximum absolute atomic E-state index is 13.1. The number of piperazine rings is 1. The third kappa shape index (κ3) is 24.5. The highest BCUT2D eigenvalue weighted by atomic mass is 35.5. The van der Waals surface area contributed by atoms with Gasteiger partial charge in [0.1, 0.15) is 18.8 Å². The van der Waals surface area contributed by atoms with Gasteiger partial charge in [0.15, 0.2) is 6.29 Å². The van der Waals surface area contributed by atoms with E-state index in [1.54, 1.807) is 0 Å². The van der Waals surface area contributed by atoms with E-state index >= 15 is 0 Å². The van der Waals surface area contributed by atoms with Crippen molar-refractivity contribution in [3.8, 4) is 5.75 Å². The summed E-state index contributed by atoms with van der Waals surface area (Å²) >= 11 is 6.40. The molecule has 2 aliphatic heterocycles. The highest BCUT2D eigenvalue weighted by Crippen LogP contribution is 2.35. The number of benzene rings is 3. The summed E-state index contributed by atoms with van der Waals surface area (Å²) in [4.78, 5) is 54.9. The smallest absolute Gasteiger partial charge is 0.224 e. The number of hydrogen-bond acceptors (Lipinski definition) is 12. The van der Waals surface area contributed by atoms with Gasteiger partial charge in [0, 0.05) is 123 Å². The molecule has 2 N–H and O–H groups in total. The number of rotatable bonds is 25. The number of allylic oxidation sites excluding steroid dienone is 2. The molecule has 6 rings (SSSR count). The predicted octanol–water partition coefficient (Wildman–Crippen LogP) is 13.5. The first-order valence-corrected chi connectivity index (χ1v) is 30.1. The molecule has 15 heteroatoms. The van der Waals surface area contributed by atoms with Gasteiger partial charge in [-0.1, -0.05) is 116 Å². The quantitative estimate of drug-likeness (QED) is 0.0371. The van der Waals surface area contributed by atoms with Crippen LogP contribution in [0.3, 0.4) is 0 Å². The van der Waals surface area contributed by atoms with Crippen LogP contribution in [0.4, 0.5) is 5.69 Å². The molecule has 0 saturated carbocycles. The first-order valence-electron chi connectivity index (χ1n) is 29.7. The Morgan fingerprint density at radius 1 is 0.815 bits per heavy atom. The van der Waals surface area contributed by atoms with Crippen molar-refractivity contribution in [2.75, 3.05) is 105 Å². The van der Waals surface area contributed by atoms with E-state index in [9.17, 15) is 14.4 Å². The largest absolute Gasteiger partial charge is 0.494 e. The van der Waals surface area contributed by atoms with E-state index < -0.39 is 0 Å². The molecule has 4 aromatic rings. The summed E-state index contributed by atoms with van der Waals surface area (Å²) in [6.07, 6.45) is 6.75. The van der Waals surface area contributed by atoms with Gasteiger partial charge in [-0.05, 0) is 121 Å². The molecule has 3 heterocycles. The van der Waals surface area contributed by atoms with E-state index in [4.69, 9.17) is 35.6 Å². The van der Waals surface area contributed by atoms with Crippen LogP contribution in [0.2, 0.25) is 5.02 Å². The van der Waals surface area contributed by atoms with Crippen LogP contribution < -0.4 is 15.4 Å². The van der Waals surface area contributed by atoms with Gasteiger partial charge in [0.2, 0.25) is 5.91 Å². The second kappa shape index (κ2) is 44.1. The maximum Gasteiger partial charge on any atom is 0.224 e. The zero-order valence-electron chi connectivity index (χ0n) is 53.2. The van der Waals surface area contributed by atoms with E-state index in [1.807, 2.05) is 134 Å². The Morgan fingerprint density at radius 3 is 1.95 bits per heavy atom. The summed E-state index contributed by atoms with van der Waals surface area (Å²) in [6.45, 7) is 44.4. The van der Waals surface area contributed by atoms with Crippen molar-refractivity contribution in [1.29, 1.82) is 0 Å². The zero-order valence-corrected chi connectivity index (χ0v) is 53.9. The van der Waals surface area contributed by atoms with Gasteiger partial charge in [-0.2, -0.15) is 0 Å². The minimum atomic E-state index is 0.0908. The number of ether oxygens (including phenoxy) is 3. The fraction of sp³-hybridized carbons (Fsp3) is 0.561. The zero-order chi connectivity index (χ0) is 61.5. The van der Waals surface area contributed by atoms with Crippen LogP contribution >= 0.6 is 11.6 Å². The van der Waals surface area contributed by atoms with Crippen LogP contribution in [0.25, 0.3) is 16.5 Å². The normalized spacial score (nSPS) is 14.1. The lowest BCUT2D eigenvalue weighted by molar-refractivity contribution is -0.121. The lowest BCUT2D eigenvalue weighted by Crippen LogP contribution is -2.47. The number of likely N-dealkylation sites (N-methyl/N-ethyl adjacent to an activating group) is 1. The second-order valence-electron chi connectivity index (χ2n) is 19.0. The average molecular weight is 1150 g/mol. The van der Waals surface area contributed by atoms with Crippen molar-refractivity contribution in [2.45, 2.75) is 148 Å². The molecule has 0 spiro atoms. The van der Waals surface area contributed by atoms with Crippen molar-refractivity contribution >= 4 is 64.7 Å². The van der Waals surface area contributed by atoms with Crippen molar-refractivity contribution < 1.29 is 33.4 Å². The molecule has 3 aromatic carbocycles. The molecule has 0 radical (unpaired) electrons. The Hall–Kier alpha value is -5.48. The number of carbonyl (C=O) groups excluding carboxylic acids is 4. The molecule has 2 fully saturated rings. The Bertz CT molecular complexity index is 2480. The number of aryl methyl sites for hydroxylation is 3. The highest BCUT2D eigenvalue weighted by Gasteiger charge is 2.25. The van der Waals surface area contributed by atoms with Gasteiger partial charge < -0.3 is 44.0 Å². The summed E-state index contributed by atoms with van der Waals surface area (Å²) in [6, 6.07) is 16.5. The molecule has 0 aliphatic carbocycles. The number of amides is 1. The van der Waals surface area contributed by atoms with Gasteiger partial charge in [0.05, 0.1) is 37.6 Å². The third-order valence-corrected chi connectivity index (χ3v) is 14.1. The van der Waals surface area contributed by atoms with E-state index in [0.29, 0.717) is 57.6 Å². The lowest BCUT2D eigenvalue weighted by Gasteiger charge is -2.35. The molecule has 1 aromatic heterocycles. The van der Waals surface area contributed by atoms with Gasteiger partial charge >= 0.3 is 0 Å². The van der Waals surface area contributed by atoms with Crippen LogP contribution in [0.1, 0.15) is 157 Å². The summed E-state index contributed by atoms with van der Waals surface area (Å²) in [7, 11) is 5.86. The Kier molecular flexibility index (Phi) is 41.2. The van der Waals surface area contributed by atoms with Gasteiger partial charge in [-0.15, -0.1) is 0 Å². The monoisotopic (exact) mass is 1140 g/mol. The molecule has 14 nitrogen and oxygen atoms in total. The average Bonchev–Trinajstić information content (AvgIpc) is 3.96. The molecule has 454 valence electrons. The van der Waals surface area contributed by atoms with Crippen LogP contribution in [0.15, 0.2) is 71.4 Å². The number of carbonyl (C=O) groups is 4. The summed E-state index contributed by atoms with van der Waals surface area (Å²) in [5, 5.41) is 7.98. The molecule has 0 bridgehead atoms. The van der Waals surface area contributed by atoms with Gasteiger partial charge in [-0.3, -0.25) is 24.3 Å². The molecule has 1 amide bonds. The van der Waals surface area contributed by atoms with Crippen molar-refractivity contribution in [3.05, 3.63) is 110 Å². The van der Waals surface area contributed by atoms with Gasteiger partial charge in [-0.25, -0.2) is 0 Å². The lowest BCUT2D eigenvalue weighted by atomic mass is 9.93. The number of hydrogen-bond donors (Lipinski definition) is 2. The first kappa shape index (κ1) is 75.5. The molecule has 2 saturated heterocycles. The van der Waals surface area contributed by atoms with Crippen molar-refractivity contribution in [1.82, 2.24) is 24.6 Å². The molecular formula is C66H106ClN7O7. The number of para-hydroxylation sites is 1. The number of fused-ring (bicyclic) bond motifs is 1. The fourth-order valence-electron chi connectivity index (χ4n) is 9.68. The number of piperidine rings is 1. The number of aliphatic imine (C=N–C) groups is 1. The molecular weight excluding hydrogens is 1040 g/mol. The number of aromatic nitrogens is 1. The van der Waals surface area contributed by atoms with Crippen LogP contribution in [-0.2, 0) is 32.0 Å². The third-order valence-electron chi connectivity index (χ3n) is 13.5. The summed E-state index contributed by atoms with van der Waals surface area (Å²) in [5.41, 5.74) is 13.0. The van der Waals surface area contributed by atoms with E-state index in [1.165, 1.54) is 5.57 Å². The van der Waals surface area contributed by atoms with Gasteiger partial charge in [0.25, 0.3) is 0 Å². The van der Waals surface area contributed by atoms with E-state index in [2.05, 4.69) is 75.4 Å². The Balaban J connectivity index is 0.00000261. The summed E-state index contributed by atoms with van der Waals surface area (Å²) in [5.74, 6) is 0.910. The number of halogens is 1. The standard InChI is InChI=1S/C49H66ClN5O5.C8H14N2O.4C2H6.CH2O/c1-8-44(51-7)47(35(2)3)43-15-10-14-42-41(16-11-27-60-40-31-36(4)48(50)37(5)32-40)46(34-57)55(49(42)43)25-24-54-22-20-53(21-23-54)19-12-26-58-29-30-59-28-18-52-45-17-9-13-39(33-56)38(45)6;1-6-7(10(2)3)4-5-8(11)9-6;5*1-2/h9-10,13-15,17,31-34,52H,8,11-12,16,18-30H2,1-7H3;7H,1,4-5H2,2-3H3,(H,9,11);4*1-2H3;1H2. The maximum atomic E-state index is 13.1. The SMILES string of the molecule is C=C1NC(=O)CCC1N(C)C.C=O.CC.CC.CC.CC.CCC(=NC)C(=C(C)C)c1cccc2c(CCCOc3cc(C)c(Cl)c(C)c3)c(C=O)n(CCN3CCN(CCCOCCOCCNc4cccc(C=O)c4C)CC3)c12. The number of nitrogens with zero attached hydrogens (tertiary/aromatic N) is 5.